The zero-order valence-electron chi connectivity index (χ0n) is 10.4. The molecule has 0 saturated carbocycles. The highest BCUT2D eigenvalue weighted by atomic mass is 35.5. The number of nitrogens with zero attached hydrogens (tertiary/aromatic N) is 3. The van der Waals surface area contributed by atoms with Crippen molar-refractivity contribution in [1.82, 2.24) is 14.8 Å². The number of anilines is 1. The molecule has 4 nitrogen and oxygen atoms in total. The normalized spacial score (nSPS) is 11.1. The number of fused-ring (bicyclic) bond motifs is 1. The van der Waals surface area contributed by atoms with E-state index in [0.717, 1.165) is 33.3 Å². The molecular formula is C13H13ClN4S. The molecular weight excluding hydrogens is 280 g/mol. The lowest BCUT2D eigenvalue weighted by atomic mass is 10.3. The molecule has 0 bridgehead atoms. The maximum atomic E-state index is 5.97. The number of hydrogen-bond donors (Lipinski definition) is 1. The molecule has 0 spiro atoms. The van der Waals surface area contributed by atoms with Gasteiger partial charge in [0, 0.05) is 36.9 Å². The van der Waals surface area contributed by atoms with E-state index in [1.165, 1.54) is 5.69 Å². The molecule has 6 heteroatoms. The quantitative estimate of drug-likeness (QED) is 0.802. The summed E-state index contributed by atoms with van der Waals surface area (Å²) in [6, 6.07) is 7.78. The predicted molar refractivity (Wildman–Crippen MR) is 80.0 cm³/mol. The fraction of sp³-hybridized carbons (Fsp3) is 0.231. The lowest BCUT2D eigenvalue weighted by Gasteiger charge is -2.02. The van der Waals surface area contributed by atoms with Crippen LogP contribution in [0, 0.1) is 0 Å². The Kier molecular flexibility index (Phi) is 3.40. The molecule has 0 fully saturated rings. The lowest BCUT2D eigenvalue weighted by molar-refractivity contribution is 0.711. The van der Waals surface area contributed by atoms with E-state index in [4.69, 9.17) is 11.6 Å². The lowest BCUT2D eigenvalue weighted by Crippen LogP contribution is -2.07. The third kappa shape index (κ3) is 2.72. The number of halogens is 1. The Morgan fingerprint density at radius 1 is 1.37 bits per heavy atom. The third-order valence-electron chi connectivity index (χ3n) is 2.93. The minimum atomic E-state index is 0.748. The van der Waals surface area contributed by atoms with Crippen molar-refractivity contribution >= 4 is 38.3 Å². The summed E-state index contributed by atoms with van der Waals surface area (Å²) < 4.78 is 3.00. The van der Waals surface area contributed by atoms with Gasteiger partial charge >= 0.3 is 0 Å². The van der Waals surface area contributed by atoms with Crippen LogP contribution >= 0.6 is 22.9 Å². The highest BCUT2D eigenvalue weighted by molar-refractivity contribution is 7.22. The van der Waals surface area contributed by atoms with Crippen molar-refractivity contribution in [3.8, 4) is 0 Å². The van der Waals surface area contributed by atoms with Crippen molar-refractivity contribution in [1.29, 1.82) is 0 Å². The molecule has 0 aliphatic rings. The van der Waals surface area contributed by atoms with Crippen molar-refractivity contribution in [3.05, 3.63) is 41.2 Å². The van der Waals surface area contributed by atoms with E-state index in [9.17, 15) is 0 Å². The number of rotatable bonds is 4. The molecule has 0 radical (unpaired) electrons. The molecule has 0 amide bonds. The van der Waals surface area contributed by atoms with Gasteiger partial charge in [-0.25, -0.2) is 4.98 Å². The first-order valence-electron chi connectivity index (χ1n) is 5.99. The van der Waals surface area contributed by atoms with Gasteiger partial charge < -0.3 is 5.32 Å². The molecule has 0 aliphatic carbocycles. The highest BCUT2D eigenvalue weighted by Gasteiger charge is 2.04. The topological polar surface area (TPSA) is 42.7 Å². The standard InChI is InChI=1S/C13H13ClN4S/c1-18-10(5-7-16-18)4-6-15-13-17-11-3-2-9(14)8-12(11)19-13/h2-3,5,7-8H,4,6H2,1H3,(H,15,17). The number of aryl methyl sites for hydroxylation is 1. The van der Waals surface area contributed by atoms with E-state index in [1.54, 1.807) is 11.3 Å². The van der Waals surface area contributed by atoms with Crippen LogP contribution in [0.3, 0.4) is 0 Å². The van der Waals surface area contributed by atoms with Crippen LogP contribution < -0.4 is 5.32 Å². The smallest absolute Gasteiger partial charge is 0.183 e. The fourth-order valence-electron chi connectivity index (χ4n) is 1.92. The first kappa shape index (κ1) is 12.4. The number of aromatic nitrogens is 3. The van der Waals surface area contributed by atoms with Gasteiger partial charge in [-0.1, -0.05) is 22.9 Å². The highest BCUT2D eigenvalue weighted by Crippen LogP contribution is 2.28. The zero-order chi connectivity index (χ0) is 13.2. The van der Waals surface area contributed by atoms with Gasteiger partial charge in [-0.15, -0.1) is 0 Å². The number of thiazole rings is 1. The van der Waals surface area contributed by atoms with Gasteiger partial charge in [0.05, 0.1) is 10.2 Å². The van der Waals surface area contributed by atoms with Crippen LogP contribution in [-0.4, -0.2) is 21.3 Å². The summed E-state index contributed by atoms with van der Waals surface area (Å²) in [6.45, 7) is 0.840. The number of benzene rings is 1. The summed E-state index contributed by atoms with van der Waals surface area (Å²) in [6.07, 6.45) is 2.74. The summed E-state index contributed by atoms with van der Waals surface area (Å²) in [4.78, 5) is 4.52. The fourth-order valence-corrected chi connectivity index (χ4v) is 3.09. The molecule has 1 N–H and O–H groups in total. The van der Waals surface area contributed by atoms with E-state index in [-0.39, 0.29) is 0 Å². The van der Waals surface area contributed by atoms with Crippen LogP contribution in [0.25, 0.3) is 10.2 Å². The average Bonchev–Trinajstić information content (AvgIpc) is 2.95. The minimum absolute atomic E-state index is 0.748. The van der Waals surface area contributed by atoms with Gasteiger partial charge in [0.25, 0.3) is 0 Å². The summed E-state index contributed by atoms with van der Waals surface area (Å²) in [5.41, 5.74) is 2.19. The van der Waals surface area contributed by atoms with Gasteiger partial charge in [0.1, 0.15) is 0 Å². The molecule has 19 heavy (non-hydrogen) atoms. The van der Waals surface area contributed by atoms with Crippen molar-refractivity contribution < 1.29 is 0 Å². The Morgan fingerprint density at radius 2 is 2.26 bits per heavy atom. The maximum Gasteiger partial charge on any atom is 0.183 e. The summed E-state index contributed by atoms with van der Waals surface area (Å²) in [7, 11) is 1.95. The Labute approximate surface area is 120 Å². The van der Waals surface area contributed by atoms with Crippen molar-refractivity contribution in [2.24, 2.45) is 7.05 Å². The Hall–Kier alpha value is -1.59. The first-order chi connectivity index (χ1) is 9.22. The van der Waals surface area contributed by atoms with E-state index in [2.05, 4.69) is 15.4 Å². The van der Waals surface area contributed by atoms with Gasteiger partial charge in [0.2, 0.25) is 0 Å². The maximum absolute atomic E-state index is 5.97. The molecule has 0 unspecified atom stereocenters. The monoisotopic (exact) mass is 292 g/mol. The van der Waals surface area contributed by atoms with Crippen LogP contribution in [0.5, 0.6) is 0 Å². The molecule has 98 valence electrons. The first-order valence-corrected chi connectivity index (χ1v) is 7.19. The van der Waals surface area contributed by atoms with E-state index >= 15 is 0 Å². The Morgan fingerprint density at radius 3 is 3.05 bits per heavy atom. The number of nitrogens with one attached hydrogen (secondary N) is 1. The van der Waals surface area contributed by atoms with Gasteiger partial charge in [-0.2, -0.15) is 5.10 Å². The summed E-state index contributed by atoms with van der Waals surface area (Å²) in [5.74, 6) is 0. The summed E-state index contributed by atoms with van der Waals surface area (Å²) in [5, 5.41) is 9.17. The van der Waals surface area contributed by atoms with Crippen molar-refractivity contribution in [2.45, 2.75) is 6.42 Å². The molecule has 3 rings (SSSR count). The van der Waals surface area contributed by atoms with E-state index < -0.39 is 0 Å². The molecule has 2 heterocycles. The van der Waals surface area contributed by atoms with Crippen LogP contribution in [0.2, 0.25) is 5.02 Å². The summed E-state index contributed by atoms with van der Waals surface area (Å²) >= 11 is 7.59. The second-order valence-corrected chi connectivity index (χ2v) is 5.72. The largest absolute Gasteiger partial charge is 0.361 e. The SMILES string of the molecule is Cn1nccc1CCNc1nc2ccc(Cl)cc2s1. The van der Waals surface area contributed by atoms with Crippen LogP contribution in [0.1, 0.15) is 5.69 Å². The van der Waals surface area contributed by atoms with Crippen molar-refractivity contribution in [2.75, 3.05) is 11.9 Å². The van der Waals surface area contributed by atoms with Gasteiger partial charge in [-0.3, -0.25) is 4.68 Å². The van der Waals surface area contributed by atoms with Crippen LogP contribution in [-0.2, 0) is 13.5 Å². The molecule has 1 aromatic carbocycles. The van der Waals surface area contributed by atoms with Crippen molar-refractivity contribution in [3.63, 3.8) is 0 Å². The van der Waals surface area contributed by atoms with E-state index in [0.29, 0.717) is 0 Å². The molecule has 2 aromatic heterocycles. The zero-order valence-corrected chi connectivity index (χ0v) is 12.0. The molecule has 3 aromatic rings. The van der Waals surface area contributed by atoms with Gasteiger partial charge in [-0.05, 0) is 24.3 Å². The van der Waals surface area contributed by atoms with Crippen LogP contribution in [0.4, 0.5) is 5.13 Å². The van der Waals surface area contributed by atoms with Crippen LogP contribution in [0.15, 0.2) is 30.5 Å². The molecule has 0 aliphatic heterocycles. The number of hydrogen-bond acceptors (Lipinski definition) is 4. The predicted octanol–water partition coefficient (Wildman–Crippen LogP) is 3.34. The average molecular weight is 293 g/mol. The molecule has 0 atom stereocenters. The second kappa shape index (κ2) is 5.19. The van der Waals surface area contributed by atoms with Gasteiger partial charge in [0.15, 0.2) is 5.13 Å². The minimum Gasteiger partial charge on any atom is -0.361 e. The Bertz CT molecular complexity index is 704. The third-order valence-corrected chi connectivity index (χ3v) is 4.14. The Balaban J connectivity index is 1.67. The second-order valence-electron chi connectivity index (χ2n) is 4.25. The van der Waals surface area contributed by atoms with E-state index in [1.807, 2.05) is 42.2 Å². The molecule has 0 saturated heterocycles.